The molecule has 2 fully saturated rings. The monoisotopic (exact) mass is 275 g/mol. The smallest absolute Gasteiger partial charge is 0.0933 e. The van der Waals surface area contributed by atoms with Crippen LogP contribution in [0.2, 0.25) is 0 Å². The van der Waals surface area contributed by atoms with Crippen molar-refractivity contribution in [2.45, 2.75) is 37.8 Å². The van der Waals surface area contributed by atoms with E-state index in [1.54, 1.807) is 0 Å². The number of likely N-dealkylation sites (N-methyl/N-ethyl adjacent to an activating group) is 1. The zero-order chi connectivity index (χ0) is 14.2. The quantitative estimate of drug-likeness (QED) is 0.839. The standard InChI is InChI=1S/C16H25N3O/c1-4-13-5-6-14(11-17-13)19-9-10-20-15(12-19)16(7-8-16)18(2)3/h5-6,11,15H,4,7-10,12H2,1-3H3. The summed E-state index contributed by atoms with van der Waals surface area (Å²) in [6.07, 6.45) is 5.83. The molecule has 0 N–H and O–H groups in total. The molecule has 2 aliphatic rings. The van der Waals surface area contributed by atoms with Gasteiger partial charge in [0.1, 0.15) is 0 Å². The number of hydrogen-bond acceptors (Lipinski definition) is 4. The lowest BCUT2D eigenvalue weighted by Gasteiger charge is -2.40. The highest BCUT2D eigenvalue weighted by atomic mass is 16.5. The molecule has 1 aromatic rings. The Hall–Kier alpha value is -1.13. The lowest BCUT2D eigenvalue weighted by Crippen LogP contribution is -2.53. The summed E-state index contributed by atoms with van der Waals surface area (Å²) in [6, 6.07) is 4.34. The molecule has 4 nitrogen and oxygen atoms in total. The Balaban J connectivity index is 1.71. The van der Waals surface area contributed by atoms with Crippen LogP contribution in [0.15, 0.2) is 18.3 Å². The van der Waals surface area contributed by atoms with Crippen LogP contribution in [0.5, 0.6) is 0 Å². The van der Waals surface area contributed by atoms with Crippen LogP contribution in [-0.4, -0.2) is 55.3 Å². The first-order chi connectivity index (χ1) is 9.65. The average molecular weight is 275 g/mol. The fourth-order valence-corrected chi connectivity index (χ4v) is 3.21. The molecule has 1 saturated carbocycles. The average Bonchev–Trinajstić information content (AvgIpc) is 3.29. The van der Waals surface area contributed by atoms with Gasteiger partial charge in [-0.1, -0.05) is 6.92 Å². The highest BCUT2D eigenvalue weighted by Crippen LogP contribution is 2.45. The van der Waals surface area contributed by atoms with Gasteiger partial charge in [-0.2, -0.15) is 0 Å². The molecular formula is C16H25N3O. The molecule has 0 amide bonds. The molecule has 0 aromatic carbocycles. The summed E-state index contributed by atoms with van der Waals surface area (Å²) in [6.45, 7) is 4.90. The Morgan fingerprint density at radius 3 is 2.75 bits per heavy atom. The number of anilines is 1. The second-order valence-electron chi connectivity index (χ2n) is 6.16. The number of morpholine rings is 1. The summed E-state index contributed by atoms with van der Waals surface area (Å²) in [4.78, 5) is 9.29. The highest BCUT2D eigenvalue weighted by Gasteiger charge is 2.53. The highest BCUT2D eigenvalue weighted by molar-refractivity contribution is 5.45. The Kier molecular flexibility index (Phi) is 3.69. The fourth-order valence-electron chi connectivity index (χ4n) is 3.21. The van der Waals surface area contributed by atoms with Crippen LogP contribution in [0.4, 0.5) is 5.69 Å². The summed E-state index contributed by atoms with van der Waals surface area (Å²) in [7, 11) is 4.35. The molecule has 2 heterocycles. The third-order valence-electron chi connectivity index (χ3n) is 4.86. The van der Waals surface area contributed by atoms with Crippen LogP contribution >= 0.6 is 0 Å². The Morgan fingerprint density at radius 1 is 1.40 bits per heavy atom. The molecule has 4 heteroatoms. The van der Waals surface area contributed by atoms with Crippen molar-refractivity contribution >= 4 is 5.69 Å². The number of hydrogen-bond donors (Lipinski definition) is 0. The first-order valence-electron chi connectivity index (χ1n) is 7.64. The van der Waals surface area contributed by atoms with Crippen molar-refractivity contribution in [1.29, 1.82) is 0 Å². The number of pyridine rings is 1. The van der Waals surface area contributed by atoms with Gasteiger partial charge in [-0.3, -0.25) is 4.98 Å². The van der Waals surface area contributed by atoms with Gasteiger partial charge >= 0.3 is 0 Å². The number of aromatic nitrogens is 1. The maximum absolute atomic E-state index is 6.06. The van der Waals surface area contributed by atoms with E-state index in [4.69, 9.17) is 4.74 Å². The van der Waals surface area contributed by atoms with Gasteiger partial charge in [0.05, 0.1) is 24.6 Å². The van der Waals surface area contributed by atoms with E-state index in [2.05, 4.69) is 47.9 Å². The predicted molar refractivity (Wildman–Crippen MR) is 81.2 cm³/mol. The van der Waals surface area contributed by atoms with Crippen molar-refractivity contribution in [3.8, 4) is 0 Å². The number of nitrogens with zero attached hydrogens (tertiary/aromatic N) is 3. The SMILES string of the molecule is CCc1ccc(N2CCOC(C3(N(C)C)CC3)C2)cn1. The Labute approximate surface area is 121 Å². The number of rotatable bonds is 4. The first kappa shape index (κ1) is 13.8. The van der Waals surface area contributed by atoms with Gasteiger partial charge in [0.15, 0.2) is 0 Å². The zero-order valence-corrected chi connectivity index (χ0v) is 12.8. The number of aryl methyl sites for hydroxylation is 1. The molecule has 1 saturated heterocycles. The molecule has 3 rings (SSSR count). The Bertz CT molecular complexity index is 453. The largest absolute Gasteiger partial charge is 0.373 e. The van der Waals surface area contributed by atoms with Gasteiger partial charge < -0.3 is 14.5 Å². The van der Waals surface area contributed by atoms with Crippen LogP contribution < -0.4 is 4.90 Å². The topological polar surface area (TPSA) is 28.6 Å². The Morgan fingerprint density at radius 2 is 2.20 bits per heavy atom. The minimum Gasteiger partial charge on any atom is -0.373 e. The third kappa shape index (κ3) is 2.42. The molecule has 0 spiro atoms. The van der Waals surface area contributed by atoms with Crippen LogP contribution in [0.1, 0.15) is 25.5 Å². The summed E-state index contributed by atoms with van der Waals surface area (Å²) < 4.78 is 6.06. The van der Waals surface area contributed by atoms with Crippen LogP contribution in [0.25, 0.3) is 0 Å². The van der Waals surface area contributed by atoms with E-state index in [-0.39, 0.29) is 5.54 Å². The minimum atomic E-state index is 0.273. The number of ether oxygens (including phenoxy) is 1. The van der Waals surface area contributed by atoms with Gasteiger partial charge in [0.25, 0.3) is 0 Å². The molecular weight excluding hydrogens is 250 g/mol. The molecule has 1 aliphatic heterocycles. The molecule has 1 atom stereocenters. The molecule has 1 aromatic heterocycles. The zero-order valence-electron chi connectivity index (χ0n) is 12.8. The van der Waals surface area contributed by atoms with Crippen molar-refractivity contribution in [3.63, 3.8) is 0 Å². The lowest BCUT2D eigenvalue weighted by molar-refractivity contribution is -0.0215. The summed E-state index contributed by atoms with van der Waals surface area (Å²) >= 11 is 0. The van der Waals surface area contributed by atoms with Gasteiger partial charge in [-0.05, 0) is 45.5 Å². The van der Waals surface area contributed by atoms with Gasteiger partial charge in [0.2, 0.25) is 0 Å². The molecule has 110 valence electrons. The normalized spacial score (nSPS) is 25.0. The van der Waals surface area contributed by atoms with E-state index in [0.29, 0.717) is 6.10 Å². The summed E-state index contributed by atoms with van der Waals surface area (Å²) in [5, 5.41) is 0. The van der Waals surface area contributed by atoms with Crippen molar-refractivity contribution in [2.24, 2.45) is 0 Å². The third-order valence-corrected chi connectivity index (χ3v) is 4.86. The van der Waals surface area contributed by atoms with Gasteiger partial charge in [-0.25, -0.2) is 0 Å². The fraction of sp³-hybridized carbons (Fsp3) is 0.688. The molecule has 1 aliphatic carbocycles. The van der Waals surface area contributed by atoms with E-state index in [1.807, 2.05) is 6.20 Å². The molecule has 20 heavy (non-hydrogen) atoms. The van der Waals surface area contributed by atoms with Crippen LogP contribution in [0, 0.1) is 0 Å². The van der Waals surface area contributed by atoms with Gasteiger partial charge in [-0.15, -0.1) is 0 Å². The van der Waals surface area contributed by atoms with E-state index in [9.17, 15) is 0 Å². The van der Waals surface area contributed by atoms with E-state index < -0.39 is 0 Å². The maximum atomic E-state index is 6.06. The molecule has 0 radical (unpaired) electrons. The second kappa shape index (κ2) is 5.34. The van der Waals surface area contributed by atoms with Crippen LogP contribution in [0.3, 0.4) is 0 Å². The minimum absolute atomic E-state index is 0.273. The second-order valence-corrected chi connectivity index (χ2v) is 6.16. The van der Waals surface area contributed by atoms with Crippen LogP contribution in [-0.2, 0) is 11.2 Å². The lowest BCUT2D eigenvalue weighted by atomic mass is 10.1. The van der Waals surface area contributed by atoms with E-state index in [0.717, 1.165) is 31.8 Å². The summed E-state index contributed by atoms with van der Waals surface area (Å²) in [5.74, 6) is 0. The first-order valence-corrected chi connectivity index (χ1v) is 7.64. The van der Waals surface area contributed by atoms with Crippen molar-refractivity contribution in [2.75, 3.05) is 38.7 Å². The van der Waals surface area contributed by atoms with E-state index in [1.165, 1.54) is 18.5 Å². The summed E-state index contributed by atoms with van der Waals surface area (Å²) in [5.41, 5.74) is 2.66. The maximum Gasteiger partial charge on any atom is 0.0933 e. The van der Waals surface area contributed by atoms with Gasteiger partial charge in [0, 0.05) is 24.3 Å². The van der Waals surface area contributed by atoms with Crippen molar-refractivity contribution < 1.29 is 4.74 Å². The van der Waals surface area contributed by atoms with E-state index >= 15 is 0 Å². The van der Waals surface area contributed by atoms with Crippen molar-refractivity contribution in [1.82, 2.24) is 9.88 Å². The van der Waals surface area contributed by atoms with Crippen molar-refractivity contribution in [3.05, 3.63) is 24.0 Å². The molecule has 1 unspecified atom stereocenters. The predicted octanol–water partition coefficient (Wildman–Crippen LogP) is 1.94. The molecule has 0 bridgehead atoms.